The van der Waals surface area contributed by atoms with E-state index in [1.54, 1.807) is 30.8 Å². The van der Waals surface area contributed by atoms with Crippen LogP contribution in [0.15, 0.2) is 21.3 Å². The van der Waals surface area contributed by atoms with Gasteiger partial charge < -0.3 is 19.1 Å². The lowest BCUT2D eigenvalue weighted by Crippen LogP contribution is -2.62. The van der Waals surface area contributed by atoms with Crippen LogP contribution in [0.5, 0.6) is 0 Å². The minimum Gasteiger partial charge on any atom is -0.456 e. The summed E-state index contributed by atoms with van der Waals surface area (Å²) < 4.78 is 29.9. The Morgan fingerprint density at radius 1 is 1.15 bits per heavy atom. The zero-order chi connectivity index (χ0) is 19.9. The van der Waals surface area contributed by atoms with Crippen LogP contribution >= 0.6 is 0 Å². The summed E-state index contributed by atoms with van der Waals surface area (Å²) in [6.07, 6.45) is 0. The summed E-state index contributed by atoms with van der Waals surface area (Å²) in [5.74, 6) is -0.870. The predicted molar refractivity (Wildman–Crippen MR) is 97.2 cm³/mol. The Labute approximate surface area is 157 Å². The van der Waals surface area contributed by atoms with Crippen LogP contribution in [-0.4, -0.2) is 92.3 Å². The first-order chi connectivity index (χ1) is 12.6. The van der Waals surface area contributed by atoms with E-state index in [9.17, 15) is 22.8 Å². The summed E-state index contributed by atoms with van der Waals surface area (Å²) in [5, 5.41) is 0. The van der Waals surface area contributed by atoms with Gasteiger partial charge >= 0.3 is 0 Å². The highest BCUT2D eigenvalue weighted by atomic mass is 32.2. The van der Waals surface area contributed by atoms with Crippen molar-refractivity contribution >= 4 is 21.7 Å². The number of carbonyl (C=O) groups excluding carboxylic acids is 2. The van der Waals surface area contributed by atoms with Crippen LogP contribution in [0.2, 0.25) is 0 Å². The minimum atomic E-state index is -3.38. The number of amides is 2. The SMILES string of the molecule is Cc1cc(=O)cc(C(=O)N2CCN(C(=O)CN(C)C)[C@H]3CS(=O)(=O)C[C@H]32)o1. The van der Waals surface area contributed by atoms with Gasteiger partial charge in [-0.15, -0.1) is 0 Å². The minimum absolute atomic E-state index is 0.115. The predicted octanol–water partition coefficient (Wildman–Crippen LogP) is -1.04. The number of fused-ring (bicyclic) bond motifs is 1. The second-order valence-corrected chi connectivity index (χ2v) is 9.46. The van der Waals surface area contributed by atoms with Crippen LogP contribution in [-0.2, 0) is 14.6 Å². The van der Waals surface area contributed by atoms with E-state index in [1.807, 2.05) is 0 Å². The molecule has 2 fully saturated rings. The van der Waals surface area contributed by atoms with Gasteiger partial charge in [0.25, 0.3) is 5.91 Å². The van der Waals surface area contributed by atoms with E-state index in [1.165, 1.54) is 11.0 Å². The molecule has 2 amide bonds. The monoisotopic (exact) mass is 397 g/mol. The van der Waals surface area contributed by atoms with E-state index in [-0.39, 0.29) is 48.2 Å². The zero-order valence-corrected chi connectivity index (χ0v) is 16.4. The number of likely N-dealkylation sites (N-methyl/N-ethyl adjacent to an activating group) is 1. The highest BCUT2D eigenvalue weighted by Gasteiger charge is 2.49. The molecule has 0 N–H and O–H groups in total. The highest BCUT2D eigenvalue weighted by Crippen LogP contribution is 2.28. The van der Waals surface area contributed by atoms with Crippen molar-refractivity contribution in [1.82, 2.24) is 14.7 Å². The number of rotatable bonds is 3. The molecule has 0 spiro atoms. The van der Waals surface area contributed by atoms with Crippen molar-refractivity contribution < 1.29 is 22.4 Å². The lowest BCUT2D eigenvalue weighted by molar-refractivity contribution is -0.137. The van der Waals surface area contributed by atoms with Crippen LogP contribution < -0.4 is 5.43 Å². The van der Waals surface area contributed by atoms with Crippen LogP contribution in [0, 0.1) is 6.92 Å². The second-order valence-electron chi connectivity index (χ2n) is 7.30. The Morgan fingerprint density at radius 3 is 2.33 bits per heavy atom. The fraction of sp³-hybridized carbons (Fsp3) is 0.588. The first kappa shape index (κ1) is 19.6. The fourth-order valence-corrected chi connectivity index (χ4v) is 5.71. The molecule has 148 valence electrons. The van der Waals surface area contributed by atoms with E-state index in [4.69, 9.17) is 4.42 Å². The van der Waals surface area contributed by atoms with Gasteiger partial charge in [0.05, 0.1) is 30.1 Å². The van der Waals surface area contributed by atoms with Gasteiger partial charge in [-0.1, -0.05) is 0 Å². The summed E-state index contributed by atoms with van der Waals surface area (Å²) in [7, 11) is 0.146. The fourth-order valence-electron chi connectivity index (χ4n) is 3.73. The molecule has 0 bridgehead atoms. The molecule has 2 aliphatic rings. The summed E-state index contributed by atoms with van der Waals surface area (Å²) in [5.41, 5.74) is -0.350. The third kappa shape index (κ3) is 4.06. The number of piperazine rings is 1. The third-order valence-corrected chi connectivity index (χ3v) is 6.51. The standard InChI is InChI=1S/C17H23N3O6S/c1-11-6-12(21)7-15(26-11)17(23)20-5-4-19(16(22)8-18(2)3)13-9-27(24,25)10-14(13)20/h6-7,13-14H,4-5,8-10H2,1-3H3/t13-,14+/m0/s1. The van der Waals surface area contributed by atoms with Crippen LogP contribution in [0.3, 0.4) is 0 Å². The molecule has 0 aliphatic carbocycles. The highest BCUT2D eigenvalue weighted by molar-refractivity contribution is 7.91. The summed E-state index contributed by atoms with van der Waals surface area (Å²) in [6, 6.07) is 1.15. The number of aryl methyl sites for hydroxylation is 1. The molecule has 1 aromatic heterocycles. The third-order valence-electron chi connectivity index (χ3n) is 4.81. The topological polar surface area (TPSA) is 108 Å². The number of hydrogen-bond acceptors (Lipinski definition) is 7. The Kier molecular flexibility index (Phi) is 5.13. The summed E-state index contributed by atoms with van der Waals surface area (Å²) in [4.78, 5) is 41.8. The molecule has 0 unspecified atom stereocenters. The van der Waals surface area contributed by atoms with Gasteiger partial charge in [0, 0.05) is 25.2 Å². The van der Waals surface area contributed by atoms with Crippen molar-refractivity contribution in [3.8, 4) is 0 Å². The van der Waals surface area contributed by atoms with Crippen LogP contribution in [0.1, 0.15) is 16.3 Å². The van der Waals surface area contributed by atoms with Gasteiger partial charge in [0.2, 0.25) is 5.91 Å². The van der Waals surface area contributed by atoms with Crippen molar-refractivity contribution in [3.05, 3.63) is 33.9 Å². The average molecular weight is 397 g/mol. The van der Waals surface area contributed by atoms with Gasteiger partial charge in [0.15, 0.2) is 21.0 Å². The molecule has 2 atom stereocenters. The zero-order valence-electron chi connectivity index (χ0n) is 15.5. The molecular weight excluding hydrogens is 374 g/mol. The molecule has 3 heterocycles. The Balaban J connectivity index is 1.90. The molecule has 0 saturated carbocycles. The van der Waals surface area contributed by atoms with Crippen molar-refractivity contribution in [2.75, 3.05) is 45.2 Å². The summed E-state index contributed by atoms with van der Waals surface area (Å²) in [6.45, 7) is 2.17. The quantitative estimate of drug-likeness (QED) is 0.641. The summed E-state index contributed by atoms with van der Waals surface area (Å²) >= 11 is 0. The molecule has 27 heavy (non-hydrogen) atoms. The van der Waals surface area contributed by atoms with Gasteiger partial charge in [-0.3, -0.25) is 14.4 Å². The maximum absolute atomic E-state index is 12.9. The molecule has 2 aliphatic heterocycles. The van der Waals surface area contributed by atoms with Gasteiger partial charge in [-0.25, -0.2) is 8.42 Å². The maximum Gasteiger partial charge on any atom is 0.290 e. The number of nitrogens with zero attached hydrogens (tertiary/aromatic N) is 3. The Morgan fingerprint density at radius 2 is 1.74 bits per heavy atom. The van der Waals surface area contributed by atoms with Gasteiger partial charge in [0.1, 0.15) is 5.76 Å². The number of carbonyl (C=O) groups is 2. The van der Waals surface area contributed by atoms with Gasteiger partial charge in [-0.2, -0.15) is 0 Å². The molecule has 9 nitrogen and oxygen atoms in total. The second kappa shape index (κ2) is 7.08. The van der Waals surface area contributed by atoms with E-state index < -0.39 is 27.8 Å². The molecule has 0 radical (unpaired) electrons. The Bertz CT molecular complexity index is 923. The number of sulfone groups is 1. The number of hydrogen-bond donors (Lipinski definition) is 0. The van der Waals surface area contributed by atoms with E-state index in [0.29, 0.717) is 5.76 Å². The Hall–Kier alpha value is -2.20. The van der Waals surface area contributed by atoms with E-state index in [2.05, 4.69) is 0 Å². The molecular formula is C17H23N3O6S. The van der Waals surface area contributed by atoms with Crippen LogP contribution in [0.4, 0.5) is 0 Å². The normalized spacial score (nSPS) is 24.1. The van der Waals surface area contributed by atoms with Crippen molar-refractivity contribution in [3.63, 3.8) is 0 Å². The largest absolute Gasteiger partial charge is 0.456 e. The molecule has 3 rings (SSSR count). The maximum atomic E-state index is 12.9. The lowest BCUT2D eigenvalue weighted by atomic mass is 10.0. The first-order valence-electron chi connectivity index (χ1n) is 8.65. The molecule has 2 saturated heterocycles. The van der Waals surface area contributed by atoms with E-state index in [0.717, 1.165) is 6.07 Å². The van der Waals surface area contributed by atoms with Crippen molar-refractivity contribution in [2.24, 2.45) is 0 Å². The average Bonchev–Trinajstić information content (AvgIpc) is 2.86. The molecule has 1 aromatic rings. The lowest BCUT2D eigenvalue weighted by Gasteiger charge is -2.43. The van der Waals surface area contributed by atoms with Crippen LogP contribution in [0.25, 0.3) is 0 Å². The molecule has 10 heteroatoms. The van der Waals surface area contributed by atoms with Crippen molar-refractivity contribution in [2.45, 2.75) is 19.0 Å². The molecule has 0 aromatic carbocycles. The smallest absolute Gasteiger partial charge is 0.290 e. The van der Waals surface area contributed by atoms with Crippen molar-refractivity contribution in [1.29, 1.82) is 0 Å². The van der Waals surface area contributed by atoms with Gasteiger partial charge in [-0.05, 0) is 21.0 Å². The first-order valence-corrected chi connectivity index (χ1v) is 10.5. The van der Waals surface area contributed by atoms with E-state index >= 15 is 0 Å².